The molecule has 1 aromatic rings. The second kappa shape index (κ2) is 5.90. The van der Waals surface area contributed by atoms with Crippen LogP contribution < -0.4 is 4.72 Å². The van der Waals surface area contributed by atoms with Gasteiger partial charge in [-0.05, 0) is 49.9 Å². The second-order valence-corrected chi connectivity index (χ2v) is 6.69. The highest BCUT2D eigenvalue weighted by Gasteiger charge is 2.36. The average Bonchev–Trinajstić information content (AvgIpc) is 2.42. The van der Waals surface area contributed by atoms with Gasteiger partial charge in [-0.25, -0.2) is 0 Å². The molecule has 1 heterocycles. The maximum absolute atomic E-state index is 12.4. The number of hydrogen-bond donors (Lipinski definition) is 3. The van der Waals surface area contributed by atoms with Crippen molar-refractivity contribution in [3.8, 4) is 5.75 Å². The van der Waals surface area contributed by atoms with Gasteiger partial charge in [0.25, 0.3) is 0 Å². The van der Waals surface area contributed by atoms with Crippen LogP contribution in [0.1, 0.15) is 24.8 Å². The number of carboxylic acid groups (broad SMARTS) is 1. The molecule has 21 heavy (non-hydrogen) atoms. The predicted octanol–water partition coefficient (Wildman–Crippen LogP) is 1.30. The van der Waals surface area contributed by atoms with Crippen LogP contribution in [0.2, 0.25) is 0 Å². The Morgan fingerprint density at radius 3 is 2.71 bits per heavy atom. The van der Waals surface area contributed by atoms with Crippen LogP contribution in [-0.4, -0.2) is 41.5 Å². The number of nitrogens with one attached hydrogen (secondary N) is 1. The van der Waals surface area contributed by atoms with Gasteiger partial charge in [-0.1, -0.05) is 0 Å². The van der Waals surface area contributed by atoms with Gasteiger partial charge in [-0.3, -0.25) is 9.52 Å². The number of hydrogen-bond acceptors (Lipinski definition) is 4. The molecule has 1 aliphatic rings. The number of rotatable bonds is 4. The fourth-order valence-corrected chi connectivity index (χ4v) is 3.81. The molecule has 0 saturated carbocycles. The van der Waals surface area contributed by atoms with Crippen LogP contribution in [0.3, 0.4) is 0 Å². The van der Waals surface area contributed by atoms with E-state index in [1.165, 1.54) is 18.2 Å². The van der Waals surface area contributed by atoms with Gasteiger partial charge in [0, 0.05) is 6.54 Å². The van der Waals surface area contributed by atoms with Gasteiger partial charge >= 0.3 is 16.2 Å². The Hall–Kier alpha value is -1.80. The third kappa shape index (κ3) is 3.45. The Kier molecular flexibility index (Phi) is 4.38. The lowest BCUT2D eigenvalue weighted by Gasteiger charge is -2.31. The third-order valence-electron chi connectivity index (χ3n) is 3.49. The Balaban J connectivity index is 2.23. The lowest BCUT2D eigenvalue weighted by atomic mass is 10.1. The molecule has 116 valence electrons. The van der Waals surface area contributed by atoms with Crippen LogP contribution in [0.25, 0.3) is 0 Å². The number of phenols is 1. The molecule has 0 aliphatic carbocycles. The predicted molar refractivity (Wildman–Crippen MR) is 77.4 cm³/mol. The summed E-state index contributed by atoms with van der Waals surface area (Å²) in [6.45, 7) is 1.83. The number of aromatic hydroxyl groups is 1. The molecule has 0 bridgehead atoms. The van der Waals surface area contributed by atoms with E-state index in [1.807, 2.05) is 0 Å². The van der Waals surface area contributed by atoms with Crippen molar-refractivity contribution in [3.63, 3.8) is 0 Å². The van der Waals surface area contributed by atoms with Crippen molar-refractivity contribution in [2.75, 3.05) is 11.3 Å². The van der Waals surface area contributed by atoms with Gasteiger partial charge in [0.05, 0.1) is 5.69 Å². The van der Waals surface area contributed by atoms with E-state index in [4.69, 9.17) is 5.11 Å². The summed E-state index contributed by atoms with van der Waals surface area (Å²) in [6, 6.07) is 3.28. The summed E-state index contributed by atoms with van der Waals surface area (Å²) in [5, 5.41) is 18.6. The van der Waals surface area contributed by atoms with Gasteiger partial charge in [0.15, 0.2) is 0 Å². The highest BCUT2D eigenvalue weighted by molar-refractivity contribution is 7.90. The van der Waals surface area contributed by atoms with E-state index < -0.39 is 22.2 Å². The number of aliphatic carboxylic acids is 1. The van der Waals surface area contributed by atoms with Gasteiger partial charge in [0.2, 0.25) is 0 Å². The van der Waals surface area contributed by atoms with Crippen LogP contribution in [-0.2, 0) is 15.0 Å². The largest absolute Gasteiger partial charge is 0.508 e. The zero-order valence-electron chi connectivity index (χ0n) is 11.6. The highest BCUT2D eigenvalue weighted by Crippen LogP contribution is 2.25. The van der Waals surface area contributed by atoms with Crippen molar-refractivity contribution in [2.45, 2.75) is 32.2 Å². The molecule has 8 heteroatoms. The number of carbonyl (C=O) groups is 1. The monoisotopic (exact) mass is 314 g/mol. The summed E-state index contributed by atoms with van der Waals surface area (Å²) in [5.41, 5.74) is 0.823. The first-order valence-electron chi connectivity index (χ1n) is 6.63. The molecule has 1 aliphatic heterocycles. The number of phenolic OH excluding ortho intramolecular Hbond substituents is 1. The van der Waals surface area contributed by atoms with E-state index in [0.29, 0.717) is 30.5 Å². The molecule has 2 rings (SSSR count). The minimum absolute atomic E-state index is 0.0688. The SMILES string of the molecule is Cc1cc(NS(=O)(=O)N2CCCCC2C(=O)O)ccc1O. The first-order chi connectivity index (χ1) is 9.81. The van der Waals surface area contributed by atoms with Crippen molar-refractivity contribution < 1.29 is 23.4 Å². The molecule has 0 aromatic heterocycles. The molecule has 3 N–H and O–H groups in total. The molecule has 1 unspecified atom stereocenters. The van der Waals surface area contributed by atoms with E-state index in [-0.39, 0.29) is 12.3 Å². The van der Waals surface area contributed by atoms with E-state index in [1.54, 1.807) is 6.92 Å². The number of piperidine rings is 1. The molecule has 1 fully saturated rings. The van der Waals surface area contributed by atoms with Crippen molar-refractivity contribution in [3.05, 3.63) is 23.8 Å². The molecule has 0 amide bonds. The first-order valence-corrected chi connectivity index (χ1v) is 8.07. The van der Waals surface area contributed by atoms with Crippen LogP contribution in [0.15, 0.2) is 18.2 Å². The Morgan fingerprint density at radius 1 is 1.38 bits per heavy atom. The molecule has 0 radical (unpaired) electrons. The van der Waals surface area contributed by atoms with E-state index >= 15 is 0 Å². The van der Waals surface area contributed by atoms with Crippen molar-refractivity contribution in [1.29, 1.82) is 0 Å². The van der Waals surface area contributed by atoms with E-state index in [9.17, 15) is 18.3 Å². The van der Waals surface area contributed by atoms with Gasteiger partial charge in [0.1, 0.15) is 11.8 Å². The maximum Gasteiger partial charge on any atom is 0.322 e. The summed E-state index contributed by atoms with van der Waals surface area (Å²) in [5.74, 6) is -1.07. The zero-order valence-corrected chi connectivity index (χ0v) is 12.4. The fraction of sp³-hybridized carbons (Fsp3) is 0.462. The van der Waals surface area contributed by atoms with Crippen LogP contribution in [0, 0.1) is 6.92 Å². The van der Waals surface area contributed by atoms with Crippen LogP contribution in [0.4, 0.5) is 5.69 Å². The van der Waals surface area contributed by atoms with Crippen LogP contribution >= 0.6 is 0 Å². The lowest BCUT2D eigenvalue weighted by molar-refractivity contribution is -0.142. The van der Waals surface area contributed by atoms with Gasteiger partial charge < -0.3 is 10.2 Å². The average molecular weight is 314 g/mol. The maximum atomic E-state index is 12.4. The Labute approximate surface area is 123 Å². The second-order valence-electron chi connectivity index (χ2n) is 5.07. The summed E-state index contributed by atoms with van der Waals surface area (Å²) >= 11 is 0. The van der Waals surface area contributed by atoms with Gasteiger partial charge in [-0.15, -0.1) is 0 Å². The molecule has 1 saturated heterocycles. The molecule has 1 aromatic carbocycles. The van der Waals surface area contributed by atoms with Crippen LogP contribution in [0.5, 0.6) is 5.75 Å². The standard InChI is InChI=1S/C13H18N2O5S/c1-9-8-10(5-6-12(9)16)14-21(19,20)15-7-3-2-4-11(15)13(17)18/h5-6,8,11,14,16H,2-4,7H2,1H3,(H,17,18). The molecule has 1 atom stereocenters. The highest BCUT2D eigenvalue weighted by atomic mass is 32.2. The number of anilines is 1. The third-order valence-corrected chi connectivity index (χ3v) is 5.04. The van der Waals surface area contributed by atoms with E-state index in [2.05, 4.69) is 4.72 Å². The summed E-state index contributed by atoms with van der Waals surface area (Å²) < 4.78 is 28.1. The molecule has 0 spiro atoms. The number of benzene rings is 1. The summed E-state index contributed by atoms with van der Waals surface area (Å²) in [6.07, 6.45) is 1.64. The van der Waals surface area contributed by atoms with Gasteiger partial charge in [-0.2, -0.15) is 12.7 Å². The smallest absolute Gasteiger partial charge is 0.322 e. The zero-order chi connectivity index (χ0) is 15.6. The molecule has 7 nitrogen and oxygen atoms in total. The Bertz CT molecular complexity index is 644. The number of aryl methyl sites for hydroxylation is 1. The number of carboxylic acids is 1. The first kappa shape index (κ1) is 15.6. The molecular formula is C13H18N2O5S. The summed E-state index contributed by atoms with van der Waals surface area (Å²) in [4.78, 5) is 11.2. The van der Waals surface area contributed by atoms with Crippen molar-refractivity contribution in [1.82, 2.24) is 4.31 Å². The topological polar surface area (TPSA) is 107 Å². The normalized spacial score (nSPS) is 20.1. The minimum atomic E-state index is -3.94. The fourth-order valence-electron chi connectivity index (χ4n) is 2.37. The lowest BCUT2D eigenvalue weighted by Crippen LogP contribution is -2.49. The van der Waals surface area contributed by atoms with Crippen molar-refractivity contribution in [2.24, 2.45) is 0 Å². The summed E-state index contributed by atoms with van der Waals surface area (Å²) in [7, 11) is -3.94. The number of nitrogens with zero attached hydrogens (tertiary/aromatic N) is 1. The minimum Gasteiger partial charge on any atom is -0.508 e. The van der Waals surface area contributed by atoms with E-state index in [0.717, 1.165) is 4.31 Å². The molecular weight excluding hydrogens is 296 g/mol. The quantitative estimate of drug-likeness (QED) is 0.726. The van der Waals surface area contributed by atoms with Crippen molar-refractivity contribution >= 4 is 21.9 Å². The Morgan fingerprint density at radius 2 is 2.10 bits per heavy atom.